The van der Waals surface area contributed by atoms with Gasteiger partial charge < -0.3 is 10.2 Å². The summed E-state index contributed by atoms with van der Waals surface area (Å²) in [5.74, 6) is -0.298. The molecule has 0 saturated carbocycles. The number of para-hydroxylation sites is 1. The van der Waals surface area contributed by atoms with E-state index < -0.39 is 0 Å². The molecular formula is C20H17Cl2N3O. The predicted octanol–water partition coefficient (Wildman–Crippen LogP) is 5.80. The van der Waals surface area contributed by atoms with Gasteiger partial charge in [0, 0.05) is 23.5 Å². The molecule has 0 fully saturated rings. The van der Waals surface area contributed by atoms with E-state index in [1.54, 1.807) is 30.5 Å². The maximum atomic E-state index is 12.6. The van der Waals surface area contributed by atoms with Crippen LogP contribution < -0.4 is 10.2 Å². The van der Waals surface area contributed by atoms with Gasteiger partial charge in [-0.25, -0.2) is 0 Å². The van der Waals surface area contributed by atoms with Crippen LogP contribution in [-0.4, -0.2) is 17.4 Å². The van der Waals surface area contributed by atoms with Crippen molar-refractivity contribution >= 4 is 46.2 Å². The van der Waals surface area contributed by atoms with E-state index in [2.05, 4.69) is 15.2 Å². The summed E-state index contributed by atoms with van der Waals surface area (Å²) in [6.45, 7) is 2.79. The summed E-state index contributed by atoms with van der Waals surface area (Å²) in [5.41, 5.74) is 2.77. The summed E-state index contributed by atoms with van der Waals surface area (Å²) < 4.78 is 0. The number of nitrogens with zero attached hydrogens (tertiary/aromatic N) is 2. The SMILES string of the molecule is CCN(c1ccccc1)c1cncc(C(=O)Nc2cc(Cl)ccc2Cl)c1. The fraction of sp³-hybridized carbons (Fsp3) is 0.100. The van der Waals surface area contributed by atoms with Crippen molar-refractivity contribution in [1.82, 2.24) is 4.98 Å². The quantitative estimate of drug-likeness (QED) is 0.603. The van der Waals surface area contributed by atoms with Gasteiger partial charge in [0.1, 0.15) is 0 Å². The van der Waals surface area contributed by atoms with Crippen LogP contribution in [0.5, 0.6) is 0 Å². The number of nitrogens with one attached hydrogen (secondary N) is 1. The fourth-order valence-corrected chi connectivity index (χ4v) is 2.95. The van der Waals surface area contributed by atoms with Crippen LogP contribution in [-0.2, 0) is 0 Å². The van der Waals surface area contributed by atoms with Crippen LogP contribution in [0.4, 0.5) is 17.1 Å². The summed E-state index contributed by atoms with van der Waals surface area (Å²) in [7, 11) is 0. The van der Waals surface area contributed by atoms with Gasteiger partial charge in [-0.2, -0.15) is 0 Å². The molecule has 4 nitrogen and oxygen atoms in total. The minimum atomic E-state index is -0.298. The van der Waals surface area contributed by atoms with E-state index in [1.165, 1.54) is 6.20 Å². The number of amides is 1. The van der Waals surface area contributed by atoms with E-state index in [0.717, 1.165) is 17.9 Å². The van der Waals surface area contributed by atoms with Gasteiger partial charge in [0.2, 0.25) is 0 Å². The average Bonchev–Trinajstić information content (AvgIpc) is 2.66. The molecule has 0 bridgehead atoms. The zero-order valence-corrected chi connectivity index (χ0v) is 15.6. The molecule has 1 N–H and O–H groups in total. The van der Waals surface area contributed by atoms with Crippen LogP contribution in [0.25, 0.3) is 0 Å². The number of carbonyl (C=O) groups is 1. The highest BCUT2D eigenvalue weighted by Gasteiger charge is 2.13. The van der Waals surface area contributed by atoms with Crippen molar-refractivity contribution in [3.63, 3.8) is 0 Å². The van der Waals surface area contributed by atoms with Crippen molar-refractivity contribution in [2.75, 3.05) is 16.8 Å². The molecular weight excluding hydrogens is 369 g/mol. The van der Waals surface area contributed by atoms with Crippen LogP contribution in [0.1, 0.15) is 17.3 Å². The fourth-order valence-electron chi connectivity index (χ4n) is 2.61. The number of pyridine rings is 1. The summed E-state index contributed by atoms with van der Waals surface area (Å²) in [5, 5.41) is 3.70. The van der Waals surface area contributed by atoms with Gasteiger partial charge >= 0.3 is 0 Å². The Kier molecular flexibility index (Phi) is 5.76. The molecule has 0 aliphatic heterocycles. The van der Waals surface area contributed by atoms with Crippen LogP contribution in [0.2, 0.25) is 10.0 Å². The average molecular weight is 386 g/mol. The lowest BCUT2D eigenvalue weighted by Crippen LogP contribution is -2.18. The Bertz CT molecular complexity index is 916. The summed E-state index contributed by atoms with van der Waals surface area (Å²) in [6.07, 6.45) is 3.26. The number of hydrogen-bond donors (Lipinski definition) is 1. The molecule has 0 aliphatic carbocycles. The van der Waals surface area contributed by atoms with Crippen LogP contribution in [0.3, 0.4) is 0 Å². The smallest absolute Gasteiger partial charge is 0.257 e. The molecule has 1 amide bonds. The van der Waals surface area contributed by atoms with Crippen molar-refractivity contribution in [1.29, 1.82) is 0 Å². The molecule has 0 radical (unpaired) electrons. The van der Waals surface area contributed by atoms with Crippen molar-refractivity contribution in [2.45, 2.75) is 6.92 Å². The number of anilines is 3. The first kappa shape index (κ1) is 18.2. The summed E-state index contributed by atoms with van der Waals surface area (Å²) in [6, 6.07) is 16.7. The lowest BCUT2D eigenvalue weighted by Gasteiger charge is -2.23. The van der Waals surface area contributed by atoms with Gasteiger partial charge in [0.05, 0.1) is 28.2 Å². The first-order valence-corrected chi connectivity index (χ1v) is 8.88. The molecule has 0 saturated heterocycles. The Morgan fingerprint density at radius 3 is 2.54 bits per heavy atom. The summed E-state index contributed by atoms with van der Waals surface area (Å²) in [4.78, 5) is 18.9. The Morgan fingerprint density at radius 1 is 1.04 bits per heavy atom. The van der Waals surface area contributed by atoms with Crippen LogP contribution in [0.15, 0.2) is 67.0 Å². The number of benzene rings is 2. The highest BCUT2D eigenvalue weighted by atomic mass is 35.5. The maximum Gasteiger partial charge on any atom is 0.257 e. The van der Waals surface area contributed by atoms with Gasteiger partial charge in [0.25, 0.3) is 5.91 Å². The van der Waals surface area contributed by atoms with Gasteiger partial charge in [-0.1, -0.05) is 41.4 Å². The molecule has 0 atom stereocenters. The van der Waals surface area contributed by atoms with Crippen molar-refractivity contribution in [2.24, 2.45) is 0 Å². The van der Waals surface area contributed by atoms with Crippen molar-refractivity contribution < 1.29 is 4.79 Å². The van der Waals surface area contributed by atoms with Gasteiger partial charge in [-0.05, 0) is 43.3 Å². The molecule has 132 valence electrons. The van der Waals surface area contributed by atoms with Crippen molar-refractivity contribution in [3.8, 4) is 0 Å². The standard InChI is InChI=1S/C20H17Cl2N3O/c1-2-25(16-6-4-3-5-7-16)17-10-14(12-23-13-17)20(26)24-19-11-15(21)8-9-18(19)22/h3-13H,2H2,1H3,(H,24,26). The second-order valence-electron chi connectivity index (χ2n) is 5.59. The second-order valence-corrected chi connectivity index (χ2v) is 6.43. The van der Waals surface area contributed by atoms with E-state index >= 15 is 0 Å². The lowest BCUT2D eigenvalue weighted by molar-refractivity contribution is 0.102. The van der Waals surface area contributed by atoms with Crippen molar-refractivity contribution in [3.05, 3.63) is 82.6 Å². The van der Waals surface area contributed by atoms with E-state index in [4.69, 9.17) is 23.2 Å². The Labute approximate surface area is 162 Å². The van der Waals surface area contributed by atoms with Gasteiger partial charge in [-0.15, -0.1) is 0 Å². The molecule has 26 heavy (non-hydrogen) atoms. The van der Waals surface area contributed by atoms with Gasteiger partial charge in [0.15, 0.2) is 0 Å². The largest absolute Gasteiger partial charge is 0.340 e. The van der Waals surface area contributed by atoms with E-state index in [1.807, 2.05) is 37.3 Å². The molecule has 1 heterocycles. The third-order valence-corrected chi connectivity index (χ3v) is 4.42. The highest BCUT2D eigenvalue weighted by Crippen LogP contribution is 2.27. The molecule has 0 spiro atoms. The molecule has 1 aromatic heterocycles. The van der Waals surface area contributed by atoms with Crippen LogP contribution in [0, 0.1) is 0 Å². The Morgan fingerprint density at radius 2 is 1.81 bits per heavy atom. The zero-order chi connectivity index (χ0) is 18.5. The lowest BCUT2D eigenvalue weighted by atomic mass is 10.2. The first-order valence-electron chi connectivity index (χ1n) is 8.12. The summed E-state index contributed by atoms with van der Waals surface area (Å²) >= 11 is 12.1. The predicted molar refractivity (Wildman–Crippen MR) is 108 cm³/mol. The van der Waals surface area contributed by atoms with E-state index in [0.29, 0.717) is 21.3 Å². The second kappa shape index (κ2) is 8.21. The van der Waals surface area contributed by atoms with Crippen LogP contribution >= 0.6 is 23.2 Å². The normalized spacial score (nSPS) is 10.4. The molecule has 0 aliphatic rings. The Balaban J connectivity index is 1.86. The number of hydrogen-bond acceptors (Lipinski definition) is 3. The third-order valence-electron chi connectivity index (χ3n) is 3.86. The van der Waals surface area contributed by atoms with E-state index in [9.17, 15) is 4.79 Å². The minimum absolute atomic E-state index is 0.298. The number of rotatable bonds is 5. The molecule has 0 unspecified atom stereocenters. The minimum Gasteiger partial charge on any atom is -0.340 e. The topological polar surface area (TPSA) is 45.2 Å². The molecule has 3 aromatic rings. The maximum absolute atomic E-state index is 12.6. The highest BCUT2D eigenvalue weighted by molar-refractivity contribution is 6.35. The molecule has 6 heteroatoms. The third kappa shape index (κ3) is 4.15. The van der Waals surface area contributed by atoms with E-state index in [-0.39, 0.29) is 5.91 Å². The molecule has 2 aromatic carbocycles. The first-order chi connectivity index (χ1) is 12.6. The number of carbonyl (C=O) groups excluding carboxylic acids is 1. The Hall–Kier alpha value is -2.56. The monoisotopic (exact) mass is 385 g/mol. The zero-order valence-electron chi connectivity index (χ0n) is 14.1. The number of aromatic nitrogens is 1. The van der Waals surface area contributed by atoms with Gasteiger partial charge in [-0.3, -0.25) is 9.78 Å². The number of halogens is 2. The molecule has 3 rings (SSSR count).